The molecule has 0 saturated carbocycles. The third kappa shape index (κ3) is 2.30. The minimum atomic E-state index is -0.199. The fraction of sp³-hybridized carbons (Fsp3) is 0.875. The minimum Gasteiger partial charge on any atom is -0.447 e. The Morgan fingerprint density at radius 3 is 2.50 bits per heavy atom. The second-order valence-electron chi connectivity index (χ2n) is 3.23. The molecule has 0 unspecified atom stereocenters. The average molecular weight is 189 g/mol. The van der Waals surface area contributed by atoms with Gasteiger partial charge in [-0.05, 0) is 13.8 Å². The highest BCUT2D eigenvalue weighted by Crippen LogP contribution is 2.22. The number of amides is 1. The molecule has 0 spiro atoms. The van der Waals surface area contributed by atoms with E-state index in [0.29, 0.717) is 6.04 Å². The zero-order valence-corrected chi connectivity index (χ0v) is 8.56. The van der Waals surface area contributed by atoms with Crippen LogP contribution in [0.15, 0.2) is 0 Å². The normalized spacial score (nSPS) is 17.3. The molecule has 1 aliphatic rings. The monoisotopic (exact) mass is 189 g/mol. The largest absolute Gasteiger partial charge is 0.447 e. The van der Waals surface area contributed by atoms with Gasteiger partial charge in [0.1, 0.15) is 0 Å². The van der Waals surface area contributed by atoms with Crippen LogP contribution in [0, 0.1) is 0 Å². The van der Waals surface area contributed by atoms with Gasteiger partial charge in [-0.25, -0.2) is 4.79 Å². The summed E-state index contributed by atoms with van der Waals surface area (Å²) in [5.74, 6) is 2.09. The molecule has 1 aliphatic heterocycles. The number of rotatable bonds is 2. The van der Waals surface area contributed by atoms with Crippen molar-refractivity contribution in [3.05, 3.63) is 0 Å². The van der Waals surface area contributed by atoms with E-state index in [9.17, 15) is 4.79 Å². The molecule has 1 amide bonds. The van der Waals surface area contributed by atoms with Crippen molar-refractivity contribution in [2.45, 2.75) is 26.0 Å². The van der Waals surface area contributed by atoms with Crippen molar-refractivity contribution in [1.82, 2.24) is 4.90 Å². The van der Waals surface area contributed by atoms with Crippen LogP contribution < -0.4 is 0 Å². The molecule has 70 valence electrons. The van der Waals surface area contributed by atoms with Gasteiger partial charge in [0.25, 0.3) is 0 Å². The first-order chi connectivity index (χ1) is 5.61. The van der Waals surface area contributed by atoms with Gasteiger partial charge in [0, 0.05) is 18.6 Å². The summed E-state index contributed by atoms with van der Waals surface area (Å²) in [6.45, 7) is 3.72. The van der Waals surface area contributed by atoms with Crippen molar-refractivity contribution >= 4 is 17.9 Å². The maximum Gasteiger partial charge on any atom is 0.410 e. The smallest absolute Gasteiger partial charge is 0.410 e. The quantitative estimate of drug-likeness (QED) is 0.660. The van der Waals surface area contributed by atoms with Gasteiger partial charge in [0.05, 0.1) is 12.1 Å². The maximum absolute atomic E-state index is 11.3. The fourth-order valence-corrected chi connectivity index (χ4v) is 1.77. The highest BCUT2D eigenvalue weighted by Gasteiger charge is 2.27. The van der Waals surface area contributed by atoms with Crippen LogP contribution in [0.4, 0.5) is 4.79 Å². The zero-order valence-electron chi connectivity index (χ0n) is 7.74. The summed E-state index contributed by atoms with van der Waals surface area (Å²) in [4.78, 5) is 13.0. The summed E-state index contributed by atoms with van der Waals surface area (Å²) in [6, 6.07) is 0.390. The highest BCUT2D eigenvalue weighted by molar-refractivity contribution is 8.00. The minimum absolute atomic E-state index is 0.0207. The van der Waals surface area contributed by atoms with E-state index in [4.69, 9.17) is 4.74 Å². The predicted molar refractivity (Wildman–Crippen MR) is 50.5 cm³/mol. The number of nitrogens with zero attached hydrogens (tertiary/aromatic N) is 1. The lowest BCUT2D eigenvalue weighted by atomic mass is 10.3. The SMILES string of the molecule is CC(C)OC(=O)N(C)C1CSC1. The Morgan fingerprint density at radius 1 is 1.58 bits per heavy atom. The van der Waals surface area contributed by atoms with Gasteiger partial charge in [0.2, 0.25) is 0 Å². The van der Waals surface area contributed by atoms with Gasteiger partial charge >= 0.3 is 6.09 Å². The van der Waals surface area contributed by atoms with Gasteiger partial charge in [-0.2, -0.15) is 11.8 Å². The van der Waals surface area contributed by atoms with Crippen LogP contribution in [-0.4, -0.2) is 41.7 Å². The first kappa shape index (κ1) is 9.71. The lowest BCUT2D eigenvalue weighted by Crippen LogP contribution is -2.46. The van der Waals surface area contributed by atoms with E-state index in [1.807, 2.05) is 25.6 Å². The van der Waals surface area contributed by atoms with Crippen molar-refractivity contribution in [2.24, 2.45) is 0 Å². The lowest BCUT2D eigenvalue weighted by Gasteiger charge is -2.33. The molecule has 3 nitrogen and oxygen atoms in total. The predicted octanol–water partition coefficient (Wildman–Crippen LogP) is 1.58. The zero-order chi connectivity index (χ0) is 9.14. The van der Waals surface area contributed by atoms with Gasteiger partial charge in [-0.3, -0.25) is 0 Å². The third-order valence-corrected chi connectivity index (χ3v) is 3.03. The summed E-state index contributed by atoms with van der Waals surface area (Å²) in [5.41, 5.74) is 0. The van der Waals surface area contributed by atoms with Crippen LogP contribution in [0.1, 0.15) is 13.8 Å². The molecule has 0 aromatic heterocycles. The maximum atomic E-state index is 11.3. The third-order valence-electron chi connectivity index (χ3n) is 1.79. The molecule has 1 saturated heterocycles. The molecular weight excluding hydrogens is 174 g/mol. The topological polar surface area (TPSA) is 29.5 Å². The number of hydrogen-bond acceptors (Lipinski definition) is 3. The molecular formula is C8H15NO2S. The van der Waals surface area contributed by atoms with E-state index in [2.05, 4.69) is 0 Å². The first-order valence-corrected chi connectivity index (χ1v) is 5.28. The Kier molecular flexibility index (Phi) is 3.26. The molecule has 0 radical (unpaired) electrons. The molecule has 0 aromatic rings. The molecule has 0 bridgehead atoms. The number of thioether (sulfide) groups is 1. The number of hydrogen-bond donors (Lipinski definition) is 0. The average Bonchev–Trinajstić information content (AvgIpc) is 1.81. The van der Waals surface area contributed by atoms with Gasteiger partial charge in [-0.15, -0.1) is 0 Å². The Bertz CT molecular complexity index is 168. The van der Waals surface area contributed by atoms with Crippen molar-refractivity contribution in [1.29, 1.82) is 0 Å². The second kappa shape index (κ2) is 4.03. The molecule has 0 aromatic carbocycles. The lowest BCUT2D eigenvalue weighted by molar-refractivity contribution is 0.0764. The van der Waals surface area contributed by atoms with Crippen LogP contribution in [0.3, 0.4) is 0 Å². The van der Waals surface area contributed by atoms with Crippen molar-refractivity contribution < 1.29 is 9.53 Å². The Labute approximate surface area is 77.4 Å². The molecule has 0 N–H and O–H groups in total. The van der Waals surface area contributed by atoms with E-state index in [1.54, 1.807) is 11.9 Å². The van der Waals surface area contributed by atoms with E-state index in [-0.39, 0.29) is 12.2 Å². The van der Waals surface area contributed by atoms with Gasteiger partial charge in [0.15, 0.2) is 0 Å². The Hall–Kier alpha value is -0.380. The number of carbonyl (C=O) groups excluding carboxylic acids is 1. The van der Waals surface area contributed by atoms with Crippen molar-refractivity contribution in [2.75, 3.05) is 18.6 Å². The highest BCUT2D eigenvalue weighted by atomic mass is 32.2. The summed E-state index contributed by atoms with van der Waals surface area (Å²) in [6.07, 6.45) is -0.219. The molecule has 4 heteroatoms. The summed E-state index contributed by atoms with van der Waals surface area (Å²) in [5, 5.41) is 0. The molecule has 1 fully saturated rings. The summed E-state index contributed by atoms with van der Waals surface area (Å²) in [7, 11) is 1.80. The molecule has 1 heterocycles. The molecule has 1 rings (SSSR count). The van der Waals surface area contributed by atoms with Crippen LogP contribution >= 0.6 is 11.8 Å². The van der Waals surface area contributed by atoms with Gasteiger partial charge < -0.3 is 9.64 Å². The van der Waals surface area contributed by atoms with Crippen molar-refractivity contribution in [3.63, 3.8) is 0 Å². The summed E-state index contributed by atoms with van der Waals surface area (Å²) >= 11 is 1.86. The van der Waals surface area contributed by atoms with Crippen LogP contribution in [0.5, 0.6) is 0 Å². The number of carbonyl (C=O) groups is 1. The first-order valence-electron chi connectivity index (χ1n) is 4.12. The van der Waals surface area contributed by atoms with Gasteiger partial charge in [-0.1, -0.05) is 0 Å². The fourth-order valence-electron chi connectivity index (χ4n) is 0.881. The van der Waals surface area contributed by atoms with E-state index < -0.39 is 0 Å². The molecule has 12 heavy (non-hydrogen) atoms. The van der Waals surface area contributed by atoms with E-state index in [0.717, 1.165) is 11.5 Å². The molecule has 0 atom stereocenters. The number of ether oxygens (including phenoxy) is 1. The molecule has 0 aliphatic carbocycles. The van der Waals surface area contributed by atoms with Crippen LogP contribution in [0.25, 0.3) is 0 Å². The van der Waals surface area contributed by atoms with Crippen LogP contribution in [-0.2, 0) is 4.74 Å². The Balaban J connectivity index is 2.30. The van der Waals surface area contributed by atoms with E-state index >= 15 is 0 Å². The standard InChI is InChI=1S/C8H15NO2S/c1-6(2)11-8(10)9(3)7-4-12-5-7/h6-7H,4-5H2,1-3H3. The summed E-state index contributed by atoms with van der Waals surface area (Å²) < 4.78 is 5.05. The second-order valence-corrected chi connectivity index (χ2v) is 4.31. The van der Waals surface area contributed by atoms with Crippen LogP contribution in [0.2, 0.25) is 0 Å². The van der Waals surface area contributed by atoms with Crippen molar-refractivity contribution in [3.8, 4) is 0 Å². The van der Waals surface area contributed by atoms with E-state index in [1.165, 1.54) is 0 Å². The Morgan fingerprint density at radius 2 is 2.17 bits per heavy atom.